The maximum Gasteiger partial charge on any atom is 0.191 e. The molecule has 1 saturated carbocycles. The third-order valence-corrected chi connectivity index (χ3v) is 6.56. The number of hydrogen-bond donors (Lipinski definition) is 2. The lowest BCUT2D eigenvalue weighted by atomic mass is 9.96. The minimum atomic E-state index is 0.260. The van der Waals surface area contributed by atoms with Crippen molar-refractivity contribution in [3.63, 3.8) is 0 Å². The Morgan fingerprint density at radius 1 is 1.15 bits per heavy atom. The van der Waals surface area contributed by atoms with Crippen LogP contribution in [0.3, 0.4) is 0 Å². The summed E-state index contributed by atoms with van der Waals surface area (Å²) in [6.45, 7) is 7.91. The Morgan fingerprint density at radius 2 is 1.96 bits per heavy atom. The van der Waals surface area contributed by atoms with Crippen LogP contribution in [0.2, 0.25) is 0 Å². The molecule has 2 fully saturated rings. The van der Waals surface area contributed by atoms with Crippen LogP contribution >= 0.6 is 15.9 Å². The van der Waals surface area contributed by atoms with E-state index in [2.05, 4.69) is 72.7 Å². The number of guanidine groups is 1. The molecule has 0 bridgehead atoms. The second kappa shape index (κ2) is 9.89. The number of benzene rings is 1. The average molecular weight is 436 g/mol. The third-order valence-electron chi connectivity index (χ3n) is 5.87. The van der Waals surface area contributed by atoms with Crippen molar-refractivity contribution in [3.8, 4) is 0 Å². The summed E-state index contributed by atoms with van der Waals surface area (Å²) >= 11 is 3.71. The van der Waals surface area contributed by atoms with Gasteiger partial charge in [0.25, 0.3) is 0 Å². The van der Waals surface area contributed by atoms with E-state index in [4.69, 9.17) is 0 Å². The van der Waals surface area contributed by atoms with Crippen molar-refractivity contribution >= 4 is 21.9 Å². The van der Waals surface area contributed by atoms with Crippen molar-refractivity contribution in [2.75, 3.05) is 59.9 Å². The number of halogens is 1. The molecule has 1 heterocycles. The summed E-state index contributed by atoms with van der Waals surface area (Å²) in [6.07, 6.45) is 4.91. The van der Waals surface area contributed by atoms with Crippen LogP contribution in [0.15, 0.2) is 33.7 Å². The van der Waals surface area contributed by atoms with Crippen LogP contribution in [-0.2, 0) is 5.41 Å². The first-order valence-electron chi connectivity index (χ1n) is 10.2. The zero-order chi connectivity index (χ0) is 19.1. The molecule has 150 valence electrons. The van der Waals surface area contributed by atoms with Crippen LogP contribution in [0.5, 0.6) is 0 Å². The number of likely N-dealkylation sites (N-methyl/N-ethyl adjacent to an activating group) is 1. The van der Waals surface area contributed by atoms with Crippen LogP contribution in [0.4, 0.5) is 0 Å². The zero-order valence-corrected chi connectivity index (χ0v) is 18.4. The van der Waals surface area contributed by atoms with Crippen molar-refractivity contribution in [2.24, 2.45) is 4.99 Å². The first-order valence-corrected chi connectivity index (χ1v) is 11.0. The topological polar surface area (TPSA) is 42.9 Å². The van der Waals surface area contributed by atoms with Crippen molar-refractivity contribution in [1.29, 1.82) is 0 Å². The van der Waals surface area contributed by atoms with Gasteiger partial charge >= 0.3 is 0 Å². The highest BCUT2D eigenvalue weighted by Crippen LogP contribution is 2.49. The predicted molar refractivity (Wildman–Crippen MR) is 118 cm³/mol. The van der Waals surface area contributed by atoms with Crippen molar-refractivity contribution in [3.05, 3.63) is 34.3 Å². The number of aliphatic imine (C=N–C) groups is 1. The van der Waals surface area contributed by atoms with E-state index in [1.807, 2.05) is 7.05 Å². The predicted octanol–water partition coefficient (Wildman–Crippen LogP) is 2.67. The molecule has 1 aromatic rings. The molecule has 3 rings (SSSR count). The Bertz CT molecular complexity index is 629. The third kappa shape index (κ3) is 5.93. The molecule has 2 N–H and O–H groups in total. The van der Waals surface area contributed by atoms with E-state index in [-0.39, 0.29) is 5.41 Å². The van der Waals surface area contributed by atoms with E-state index >= 15 is 0 Å². The molecule has 27 heavy (non-hydrogen) atoms. The second-order valence-electron chi connectivity index (χ2n) is 7.96. The van der Waals surface area contributed by atoms with Crippen LogP contribution in [0.1, 0.15) is 31.2 Å². The highest BCUT2D eigenvalue weighted by molar-refractivity contribution is 9.10. The van der Waals surface area contributed by atoms with Crippen LogP contribution in [0.25, 0.3) is 0 Å². The SMILES string of the molecule is CN=C(NCCCN1CCCN(C)CC1)NCC1(c2ccccc2Br)CC1. The first kappa shape index (κ1) is 20.6. The fraction of sp³-hybridized carbons (Fsp3) is 0.667. The molecule has 0 atom stereocenters. The van der Waals surface area contributed by atoms with Crippen molar-refractivity contribution in [1.82, 2.24) is 20.4 Å². The van der Waals surface area contributed by atoms with Gasteiger partial charge in [0.05, 0.1) is 0 Å². The molecule has 0 amide bonds. The van der Waals surface area contributed by atoms with Gasteiger partial charge in [-0.15, -0.1) is 0 Å². The molecule has 2 aliphatic rings. The highest BCUT2D eigenvalue weighted by Gasteiger charge is 2.45. The zero-order valence-electron chi connectivity index (χ0n) is 16.8. The smallest absolute Gasteiger partial charge is 0.191 e. The Labute approximate surface area is 172 Å². The molecule has 1 saturated heterocycles. The molecule has 1 aliphatic carbocycles. The Kier molecular flexibility index (Phi) is 7.56. The van der Waals surface area contributed by atoms with Crippen molar-refractivity contribution < 1.29 is 0 Å². The molecule has 0 radical (unpaired) electrons. The normalized spacial score (nSPS) is 20.9. The number of hydrogen-bond acceptors (Lipinski definition) is 3. The van der Waals surface area contributed by atoms with Gasteiger partial charge in [-0.1, -0.05) is 34.1 Å². The molecule has 5 nitrogen and oxygen atoms in total. The lowest BCUT2D eigenvalue weighted by Crippen LogP contribution is -2.42. The second-order valence-corrected chi connectivity index (χ2v) is 8.82. The molecule has 0 aromatic heterocycles. The molecule has 1 aromatic carbocycles. The quantitative estimate of drug-likeness (QED) is 0.392. The van der Waals surface area contributed by atoms with E-state index in [0.29, 0.717) is 0 Å². The van der Waals surface area contributed by atoms with Gasteiger partial charge in [-0.2, -0.15) is 0 Å². The molecule has 0 spiro atoms. The molecule has 1 aliphatic heterocycles. The van der Waals surface area contributed by atoms with E-state index in [9.17, 15) is 0 Å². The van der Waals surface area contributed by atoms with Gasteiger partial charge in [-0.3, -0.25) is 4.99 Å². The maximum atomic E-state index is 4.41. The Hall–Kier alpha value is -1.11. The molecule has 0 unspecified atom stereocenters. The largest absolute Gasteiger partial charge is 0.356 e. The summed E-state index contributed by atoms with van der Waals surface area (Å²) in [5.41, 5.74) is 1.68. The summed E-state index contributed by atoms with van der Waals surface area (Å²) < 4.78 is 1.22. The van der Waals surface area contributed by atoms with E-state index < -0.39 is 0 Å². The fourth-order valence-corrected chi connectivity index (χ4v) is 4.60. The standard InChI is InChI=1S/C21H34BrN5/c1-23-20(24-11-5-13-27-14-6-12-26(2)15-16-27)25-17-21(9-10-21)18-7-3-4-8-19(18)22/h3-4,7-8H,5-6,9-17H2,1-2H3,(H2,23,24,25). The molecular weight excluding hydrogens is 402 g/mol. The summed E-state index contributed by atoms with van der Waals surface area (Å²) in [5.74, 6) is 0.920. The van der Waals surface area contributed by atoms with E-state index in [1.54, 1.807) is 0 Å². The van der Waals surface area contributed by atoms with E-state index in [1.165, 1.54) is 62.0 Å². The number of rotatable bonds is 7. The Balaban J connectivity index is 1.38. The Morgan fingerprint density at radius 3 is 2.70 bits per heavy atom. The lowest BCUT2D eigenvalue weighted by Gasteiger charge is -2.22. The van der Waals surface area contributed by atoms with Crippen LogP contribution in [-0.4, -0.2) is 75.7 Å². The van der Waals surface area contributed by atoms with Crippen LogP contribution in [0, 0.1) is 0 Å². The summed E-state index contributed by atoms with van der Waals surface area (Å²) in [7, 11) is 4.08. The summed E-state index contributed by atoms with van der Waals surface area (Å²) in [5, 5.41) is 7.04. The molecular formula is C21H34BrN5. The van der Waals surface area contributed by atoms with E-state index in [0.717, 1.165) is 25.5 Å². The van der Waals surface area contributed by atoms with Gasteiger partial charge in [0.2, 0.25) is 0 Å². The van der Waals surface area contributed by atoms with Crippen molar-refractivity contribution in [2.45, 2.75) is 31.1 Å². The average Bonchev–Trinajstić information content (AvgIpc) is 3.48. The van der Waals surface area contributed by atoms with Gasteiger partial charge in [0.15, 0.2) is 5.96 Å². The maximum absolute atomic E-state index is 4.41. The monoisotopic (exact) mass is 435 g/mol. The number of nitrogens with zero attached hydrogens (tertiary/aromatic N) is 3. The minimum absolute atomic E-state index is 0.260. The minimum Gasteiger partial charge on any atom is -0.356 e. The summed E-state index contributed by atoms with van der Waals surface area (Å²) in [6, 6.07) is 8.60. The van der Waals surface area contributed by atoms with Gasteiger partial charge in [-0.05, 0) is 64.0 Å². The lowest BCUT2D eigenvalue weighted by molar-refractivity contribution is 0.274. The fourth-order valence-electron chi connectivity index (χ4n) is 3.89. The molecule has 6 heteroatoms. The van der Waals surface area contributed by atoms with Gasteiger partial charge in [0.1, 0.15) is 0 Å². The van der Waals surface area contributed by atoms with Gasteiger partial charge in [-0.25, -0.2) is 0 Å². The summed E-state index contributed by atoms with van der Waals surface area (Å²) in [4.78, 5) is 9.43. The highest BCUT2D eigenvalue weighted by atomic mass is 79.9. The number of nitrogens with one attached hydrogen (secondary N) is 2. The van der Waals surface area contributed by atoms with Gasteiger partial charge in [0, 0.05) is 43.1 Å². The first-order chi connectivity index (χ1) is 13.1. The van der Waals surface area contributed by atoms with Crippen LogP contribution < -0.4 is 10.6 Å². The van der Waals surface area contributed by atoms with Gasteiger partial charge < -0.3 is 20.4 Å².